The van der Waals surface area contributed by atoms with Gasteiger partial charge in [0.2, 0.25) is 0 Å². The Morgan fingerprint density at radius 1 is 0.542 bits per heavy atom. The van der Waals surface area contributed by atoms with Crippen LogP contribution >= 0.6 is 11.3 Å². The minimum Gasteiger partial charge on any atom is -0.136 e. The van der Waals surface area contributed by atoms with E-state index in [1.807, 2.05) is 11.3 Å². The molecule has 114 valence electrons. The minimum atomic E-state index is 0.160. The molecule has 0 amide bonds. The molecule has 8 heteroatoms. The van der Waals surface area contributed by atoms with Crippen LogP contribution in [0.2, 0.25) is 0 Å². The van der Waals surface area contributed by atoms with E-state index in [-0.39, 0.29) is 5.41 Å². The Morgan fingerprint density at radius 2 is 0.958 bits per heavy atom. The van der Waals surface area contributed by atoms with E-state index in [1.54, 1.807) is 0 Å². The SMILES string of the molecule is Bc1c(B)c(B)c2c(sc3c(C(C)(C)C)c(B)c(B)c(B)c32)c1B. The van der Waals surface area contributed by atoms with Crippen LogP contribution in [-0.2, 0) is 5.41 Å². The lowest BCUT2D eigenvalue weighted by atomic mass is 9.63. The van der Waals surface area contributed by atoms with Gasteiger partial charge in [0.1, 0.15) is 54.9 Å². The molecule has 0 radical (unpaired) electrons. The van der Waals surface area contributed by atoms with E-state index in [0.29, 0.717) is 0 Å². The first kappa shape index (κ1) is 17.9. The Morgan fingerprint density at radius 3 is 1.46 bits per heavy atom. The third-order valence-corrected chi connectivity index (χ3v) is 7.49. The highest BCUT2D eigenvalue weighted by atomic mass is 32.1. The molecule has 0 unspecified atom stereocenters. The number of hydrogen-bond donors (Lipinski definition) is 0. The van der Waals surface area contributed by atoms with Crippen molar-refractivity contribution in [1.82, 2.24) is 0 Å². The predicted molar refractivity (Wildman–Crippen MR) is 135 cm³/mol. The molecule has 0 spiro atoms. The zero-order valence-electron chi connectivity index (χ0n) is 16.9. The van der Waals surface area contributed by atoms with Crippen molar-refractivity contribution < 1.29 is 0 Å². The highest BCUT2D eigenvalue weighted by Gasteiger charge is 2.25. The van der Waals surface area contributed by atoms with Crippen LogP contribution in [0.25, 0.3) is 20.2 Å². The number of fused-ring (bicyclic) bond motifs is 3. The second-order valence-electron chi connectivity index (χ2n) is 8.51. The third-order valence-electron chi connectivity index (χ3n) is 6.16. The van der Waals surface area contributed by atoms with Crippen molar-refractivity contribution in [3.8, 4) is 0 Å². The molecule has 1 heterocycles. The van der Waals surface area contributed by atoms with Gasteiger partial charge >= 0.3 is 0 Å². The van der Waals surface area contributed by atoms with Crippen LogP contribution in [-0.4, -0.2) is 54.9 Å². The highest BCUT2D eigenvalue weighted by molar-refractivity contribution is 7.27. The molecule has 3 aromatic rings. The van der Waals surface area contributed by atoms with Crippen LogP contribution in [0.1, 0.15) is 26.3 Å². The maximum absolute atomic E-state index is 2.35. The second-order valence-corrected chi connectivity index (χ2v) is 9.53. The summed E-state index contributed by atoms with van der Waals surface area (Å²) < 4.78 is 3.00. The molecule has 0 aliphatic carbocycles. The van der Waals surface area contributed by atoms with Gasteiger partial charge in [0.15, 0.2) is 0 Å². The van der Waals surface area contributed by atoms with Crippen molar-refractivity contribution >= 4 is 125 Å². The van der Waals surface area contributed by atoms with Gasteiger partial charge in [-0.2, -0.15) is 0 Å². The smallest absolute Gasteiger partial charge is 0.136 e. The van der Waals surface area contributed by atoms with E-state index >= 15 is 0 Å². The van der Waals surface area contributed by atoms with Crippen molar-refractivity contribution in [3.05, 3.63) is 5.56 Å². The monoisotopic (exact) mass is 324 g/mol. The van der Waals surface area contributed by atoms with Crippen LogP contribution in [0.15, 0.2) is 0 Å². The zero-order valence-corrected chi connectivity index (χ0v) is 17.7. The van der Waals surface area contributed by atoms with Crippen LogP contribution in [0.5, 0.6) is 0 Å². The van der Waals surface area contributed by atoms with E-state index < -0.39 is 0 Å². The summed E-state index contributed by atoms with van der Waals surface area (Å²) in [7, 11) is 16.1. The molecule has 2 aromatic carbocycles. The summed E-state index contributed by atoms with van der Waals surface area (Å²) in [6.07, 6.45) is 0. The Hall–Kier alpha value is -0.885. The van der Waals surface area contributed by atoms with Crippen molar-refractivity contribution in [2.75, 3.05) is 0 Å². The van der Waals surface area contributed by atoms with Gasteiger partial charge in [-0.05, 0) is 21.8 Å². The number of thiophene rings is 1. The average Bonchev–Trinajstić information content (AvgIpc) is 2.87. The fourth-order valence-electron chi connectivity index (χ4n) is 4.24. The summed E-state index contributed by atoms with van der Waals surface area (Å²) >= 11 is 2.02. The first-order chi connectivity index (χ1) is 11.0. The number of rotatable bonds is 0. The molecule has 1 aromatic heterocycles. The van der Waals surface area contributed by atoms with Gasteiger partial charge in [-0.3, -0.25) is 0 Å². The molecule has 0 atom stereocenters. The van der Waals surface area contributed by atoms with E-state index in [0.717, 1.165) is 0 Å². The molecular weight excluding hydrogens is 300 g/mol. The van der Waals surface area contributed by atoms with Gasteiger partial charge in [-0.25, -0.2) is 0 Å². The Labute approximate surface area is 156 Å². The molecule has 0 aliphatic rings. The summed E-state index contributed by atoms with van der Waals surface area (Å²) in [5, 5.41) is 3.01. The summed E-state index contributed by atoms with van der Waals surface area (Å²) in [6.45, 7) is 7.05. The molecular formula is C16H23B7S. The molecule has 24 heavy (non-hydrogen) atoms. The van der Waals surface area contributed by atoms with Crippen molar-refractivity contribution in [1.29, 1.82) is 0 Å². The Bertz CT molecular complexity index is 1010. The fraction of sp³-hybridized carbons (Fsp3) is 0.250. The minimum absolute atomic E-state index is 0.160. The maximum Gasteiger partial charge on any atom is 0.140 e. The van der Waals surface area contributed by atoms with Gasteiger partial charge in [0, 0.05) is 9.40 Å². The normalized spacial score (nSPS) is 12.3. The zero-order chi connectivity index (χ0) is 18.1. The van der Waals surface area contributed by atoms with Gasteiger partial charge < -0.3 is 0 Å². The van der Waals surface area contributed by atoms with E-state index in [4.69, 9.17) is 0 Å². The van der Waals surface area contributed by atoms with E-state index in [9.17, 15) is 0 Å². The molecule has 3 rings (SSSR count). The first-order valence-corrected chi connectivity index (χ1v) is 9.72. The lowest BCUT2D eigenvalue weighted by molar-refractivity contribution is 0.601. The largest absolute Gasteiger partial charge is 0.140 e. The van der Waals surface area contributed by atoms with Crippen molar-refractivity contribution in [3.63, 3.8) is 0 Å². The quantitative estimate of drug-likeness (QED) is 0.361. The van der Waals surface area contributed by atoms with Crippen molar-refractivity contribution in [2.45, 2.75) is 26.2 Å². The van der Waals surface area contributed by atoms with Crippen LogP contribution in [0.3, 0.4) is 0 Å². The molecule has 0 saturated heterocycles. The van der Waals surface area contributed by atoms with E-state index in [2.05, 4.69) is 75.7 Å². The number of hydrogen-bond acceptors (Lipinski definition) is 1. The molecule has 0 nitrogen and oxygen atoms in total. The summed E-state index contributed by atoms with van der Waals surface area (Å²) in [5.41, 5.74) is 11.9. The van der Waals surface area contributed by atoms with Crippen molar-refractivity contribution in [2.24, 2.45) is 0 Å². The predicted octanol–water partition coefficient (Wildman–Crippen LogP) is -6.84. The summed E-state index contributed by atoms with van der Waals surface area (Å²) in [5.74, 6) is 0. The molecule has 0 aliphatic heterocycles. The average molecular weight is 323 g/mol. The first-order valence-electron chi connectivity index (χ1n) is 8.91. The van der Waals surface area contributed by atoms with Gasteiger partial charge in [-0.15, -0.1) is 27.7 Å². The third kappa shape index (κ3) is 2.29. The van der Waals surface area contributed by atoms with Gasteiger partial charge in [0.05, 0.1) is 0 Å². The Kier molecular flexibility index (Phi) is 4.15. The number of benzene rings is 2. The molecule has 0 saturated carbocycles. The topological polar surface area (TPSA) is 0 Å². The Balaban J connectivity index is 2.73. The summed E-state index contributed by atoms with van der Waals surface area (Å²) in [6, 6.07) is 0. The fourth-order valence-corrected chi connectivity index (χ4v) is 6.02. The standard InChI is InChI=1S/C16H23B7S/c1-16(2,3)6-9(19)10(20)7(17)4-5-8(18)11(21)12(22)13(23)15(5)24-14(4)6/h17-23H2,1-3H3. The highest BCUT2D eigenvalue weighted by Crippen LogP contribution is 2.36. The molecule has 0 bridgehead atoms. The van der Waals surface area contributed by atoms with E-state index in [1.165, 1.54) is 64.0 Å². The lowest BCUT2D eigenvalue weighted by Crippen LogP contribution is -2.48. The van der Waals surface area contributed by atoms with Gasteiger partial charge in [0.25, 0.3) is 0 Å². The second kappa shape index (κ2) is 5.56. The van der Waals surface area contributed by atoms with Crippen LogP contribution < -0.4 is 38.2 Å². The maximum atomic E-state index is 2.35. The summed E-state index contributed by atoms with van der Waals surface area (Å²) in [4.78, 5) is 0. The van der Waals surface area contributed by atoms with Crippen LogP contribution in [0.4, 0.5) is 0 Å². The van der Waals surface area contributed by atoms with Crippen LogP contribution in [0, 0.1) is 0 Å². The van der Waals surface area contributed by atoms with Gasteiger partial charge in [-0.1, -0.05) is 42.6 Å². The molecule has 0 fully saturated rings. The molecule has 0 N–H and O–H groups in total. The lowest BCUT2D eigenvalue weighted by Gasteiger charge is -2.26.